The number of amides is 1. The van der Waals surface area contributed by atoms with Crippen LogP contribution in [0.2, 0.25) is 0 Å². The Morgan fingerprint density at radius 1 is 0.931 bits per heavy atom. The van der Waals surface area contributed by atoms with Gasteiger partial charge < -0.3 is 14.6 Å². The number of piperazine rings is 1. The number of fused-ring (bicyclic) bond motifs is 3. The Hall–Kier alpha value is -3.38. The zero-order valence-corrected chi connectivity index (χ0v) is 16.0. The molecule has 0 saturated carbocycles. The molecule has 2 aromatic heterocycles. The molecule has 1 saturated heterocycles. The summed E-state index contributed by atoms with van der Waals surface area (Å²) in [6, 6.07) is 19.7. The van der Waals surface area contributed by atoms with Crippen molar-refractivity contribution >= 4 is 39.4 Å². The Morgan fingerprint density at radius 2 is 1.72 bits per heavy atom. The quantitative estimate of drug-likeness (QED) is 0.579. The molecule has 0 aliphatic carbocycles. The number of hydrogen-bond acceptors (Lipinski definition) is 5. The minimum absolute atomic E-state index is 0.00764. The second kappa shape index (κ2) is 7.56. The van der Waals surface area contributed by atoms with Crippen LogP contribution >= 0.6 is 0 Å². The first-order valence-electron chi connectivity index (χ1n) is 9.86. The Bertz CT molecular complexity index is 1150. The van der Waals surface area contributed by atoms with Crippen LogP contribution in [0, 0.1) is 0 Å². The van der Waals surface area contributed by atoms with Gasteiger partial charge in [0.1, 0.15) is 17.0 Å². The maximum atomic E-state index is 12.5. The Labute approximate surface area is 168 Å². The van der Waals surface area contributed by atoms with E-state index in [4.69, 9.17) is 4.42 Å². The molecule has 0 bridgehead atoms. The lowest BCUT2D eigenvalue weighted by Gasteiger charge is -2.34. The molecule has 6 heteroatoms. The molecule has 1 aliphatic heterocycles. The molecule has 1 N–H and O–H groups in total. The minimum Gasteiger partial charge on any atom is -0.456 e. The normalized spacial score (nSPS) is 15.1. The lowest BCUT2D eigenvalue weighted by Crippen LogP contribution is -2.48. The van der Waals surface area contributed by atoms with E-state index in [1.165, 1.54) is 0 Å². The van der Waals surface area contributed by atoms with Gasteiger partial charge in [0.05, 0.1) is 6.54 Å². The van der Waals surface area contributed by atoms with Crippen LogP contribution in [-0.2, 0) is 4.79 Å². The molecule has 0 atom stereocenters. The first-order chi connectivity index (χ1) is 14.3. The standard InChI is InChI=1S/C23H22N4O2/c28-23(16-26-11-13-27(14-12-26)22-7-3-4-10-24-22)25-17-8-9-19-18-5-1-2-6-20(18)29-21(19)15-17/h1-10,15H,11-14,16H2,(H,25,28). The van der Waals surface area contributed by atoms with Gasteiger partial charge in [-0.05, 0) is 30.3 Å². The van der Waals surface area contributed by atoms with Gasteiger partial charge >= 0.3 is 0 Å². The molecular formula is C23H22N4O2. The molecule has 6 nitrogen and oxygen atoms in total. The van der Waals surface area contributed by atoms with E-state index in [1.807, 2.05) is 66.9 Å². The number of hydrogen-bond donors (Lipinski definition) is 1. The van der Waals surface area contributed by atoms with Crippen molar-refractivity contribution in [1.29, 1.82) is 0 Å². The Balaban J connectivity index is 1.20. The van der Waals surface area contributed by atoms with Crippen LogP contribution in [0.25, 0.3) is 21.9 Å². The first kappa shape index (κ1) is 17.7. The van der Waals surface area contributed by atoms with Crippen LogP contribution in [0.15, 0.2) is 71.3 Å². The number of carbonyl (C=O) groups excluding carboxylic acids is 1. The van der Waals surface area contributed by atoms with Gasteiger partial charge in [0.25, 0.3) is 0 Å². The number of benzene rings is 2. The van der Waals surface area contributed by atoms with E-state index in [0.717, 1.165) is 59.6 Å². The van der Waals surface area contributed by atoms with Crippen LogP contribution < -0.4 is 10.2 Å². The zero-order chi connectivity index (χ0) is 19.6. The van der Waals surface area contributed by atoms with Gasteiger partial charge in [-0.3, -0.25) is 9.69 Å². The van der Waals surface area contributed by atoms with E-state index < -0.39 is 0 Å². The number of pyridine rings is 1. The van der Waals surface area contributed by atoms with E-state index in [2.05, 4.69) is 20.1 Å². The summed E-state index contributed by atoms with van der Waals surface area (Å²) in [5.41, 5.74) is 2.40. The summed E-state index contributed by atoms with van der Waals surface area (Å²) in [6.07, 6.45) is 1.81. The lowest BCUT2D eigenvalue weighted by atomic mass is 10.1. The monoisotopic (exact) mass is 386 g/mol. The van der Waals surface area contributed by atoms with E-state index in [1.54, 1.807) is 0 Å². The summed E-state index contributed by atoms with van der Waals surface area (Å²) in [4.78, 5) is 21.4. The summed E-state index contributed by atoms with van der Waals surface area (Å²) < 4.78 is 5.91. The van der Waals surface area contributed by atoms with Crippen molar-refractivity contribution < 1.29 is 9.21 Å². The van der Waals surface area contributed by atoms with E-state index in [-0.39, 0.29) is 5.91 Å². The smallest absolute Gasteiger partial charge is 0.238 e. The van der Waals surface area contributed by atoms with E-state index >= 15 is 0 Å². The molecule has 0 radical (unpaired) electrons. The predicted octanol–water partition coefficient (Wildman–Crippen LogP) is 3.74. The van der Waals surface area contributed by atoms with Crippen molar-refractivity contribution in [2.24, 2.45) is 0 Å². The largest absolute Gasteiger partial charge is 0.456 e. The topological polar surface area (TPSA) is 61.6 Å². The number of anilines is 2. The minimum atomic E-state index is -0.00764. The van der Waals surface area contributed by atoms with Gasteiger partial charge in [-0.2, -0.15) is 0 Å². The van der Waals surface area contributed by atoms with Gasteiger partial charge in [-0.25, -0.2) is 4.98 Å². The molecule has 3 heterocycles. The first-order valence-corrected chi connectivity index (χ1v) is 9.86. The highest BCUT2D eigenvalue weighted by molar-refractivity contribution is 6.06. The average molecular weight is 386 g/mol. The molecule has 2 aromatic carbocycles. The summed E-state index contributed by atoms with van der Waals surface area (Å²) in [6.45, 7) is 3.80. The molecular weight excluding hydrogens is 364 g/mol. The number of furan rings is 1. The third kappa shape index (κ3) is 3.67. The van der Waals surface area contributed by atoms with Gasteiger partial charge in [-0.1, -0.05) is 24.3 Å². The molecule has 0 spiro atoms. The lowest BCUT2D eigenvalue weighted by molar-refractivity contribution is -0.117. The molecule has 1 amide bonds. The molecule has 5 rings (SSSR count). The number of aromatic nitrogens is 1. The van der Waals surface area contributed by atoms with Crippen molar-refractivity contribution in [3.8, 4) is 0 Å². The molecule has 0 unspecified atom stereocenters. The number of carbonyl (C=O) groups is 1. The van der Waals surface area contributed by atoms with Crippen molar-refractivity contribution in [1.82, 2.24) is 9.88 Å². The number of rotatable bonds is 4. The molecule has 1 aliphatic rings. The van der Waals surface area contributed by atoms with Crippen molar-refractivity contribution in [2.75, 3.05) is 42.9 Å². The molecule has 1 fully saturated rings. The summed E-state index contributed by atoms with van der Waals surface area (Å²) >= 11 is 0. The third-order valence-electron chi connectivity index (χ3n) is 5.38. The maximum absolute atomic E-state index is 12.5. The van der Waals surface area contributed by atoms with Crippen LogP contribution in [0.1, 0.15) is 0 Å². The second-order valence-electron chi connectivity index (χ2n) is 7.31. The second-order valence-corrected chi connectivity index (χ2v) is 7.31. The van der Waals surface area contributed by atoms with Crippen molar-refractivity contribution in [2.45, 2.75) is 0 Å². The summed E-state index contributed by atoms with van der Waals surface area (Å²) in [5.74, 6) is 0.988. The highest BCUT2D eigenvalue weighted by Crippen LogP contribution is 2.30. The fraction of sp³-hybridized carbons (Fsp3) is 0.217. The molecule has 4 aromatic rings. The Kier molecular flexibility index (Phi) is 4.62. The van der Waals surface area contributed by atoms with Gasteiger partial charge in [-0.15, -0.1) is 0 Å². The van der Waals surface area contributed by atoms with Crippen LogP contribution in [0.4, 0.5) is 11.5 Å². The van der Waals surface area contributed by atoms with Crippen LogP contribution in [0.3, 0.4) is 0 Å². The summed E-state index contributed by atoms with van der Waals surface area (Å²) in [5, 5.41) is 5.15. The maximum Gasteiger partial charge on any atom is 0.238 e. The van der Waals surface area contributed by atoms with Gasteiger partial charge in [0, 0.05) is 54.9 Å². The van der Waals surface area contributed by atoms with E-state index in [0.29, 0.717) is 6.54 Å². The van der Waals surface area contributed by atoms with Crippen LogP contribution in [-0.4, -0.2) is 48.5 Å². The highest BCUT2D eigenvalue weighted by atomic mass is 16.3. The number of nitrogens with zero attached hydrogens (tertiary/aromatic N) is 3. The fourth-order valence-electron chi connectivity index (χ4n) is 3.88. The van der Waals surface area contributed by atoms with Crippen LogP contribution in [0.5, 0.6) is 0 Å². The fourth-order valence-corrected chi connectivity index (χ4v) is 3.88. The molecule has 29 heavy (non-hydrogen) atoms. The van der Waals surface area contributed by atoms with Crippen molar-refractivity contribution in [3.63, 3.8) is 0 Å². The molecule has 146 valence electrons. The van der Waals surface area contributed by atoms with E-state index in [9.17, 15) is 4.79 Å². The summed E-state index contributed by atoms with van der Waals surface area (Å²) in [7, 11) is 0. The number of nitrogens with one attached hydrogen (secondary N) is 1. The third-order valence-corrected chi connectivity index (χ3v) is 5.38. The number of para-hydroxylation sites is 1. The Morgan fingerprint density at radius 3 is 2.55 bits per heavy atom. The van der Waals surface area contributed by atoms with Crippen molar-refractivity contribution in [3.05, 3.63) is 66.9 Å². The van der Waals surface area contributed by atoms with Gasteiger partial charge in [0.2, 0.25) is 5.91 Å². The average Bonchev–Trinajstić information content (AvgIpc) is 3.12. The highest BCUT2D eigenvalue weighted by Gasteiger charge is 2.20. The van der Waals surface area contributed by atoms with Gasteiger partial charge in [0.15, 0.2) is 0 Å². The predicted molar refractivity (Wildman–Crippen MR) is 115 cm³/mol. The SMILES string of the molecule is O=C(CN1CCN(c2ccccn2)CC1)Nc1ccc2c(c1)oc1ccccc12. The zero-order valence-electron chi connectivity index (χ0n) is 16.0.